The summed E-state index contributed by atoms with van der Waals surface area (Å²) in [5.74, 6) is 0. The molecular formula is C16H16S2. The number of thiophene rings is 2. The minimum Gasteiger partial charge on any atom is -0.143 e. The average Bonchev–Trinajstić information content (AvgIpc) is 2.80. The summed E-state index contributed by atoms with van der Waals surface area (Å²) in [5.41, 5.74) is 6.96. The summed E-state index contributed by atoms with van der Waals surface area (Å²) < 4.78 is 2.88. The maximum Gasteiger partial charge on any atom is 0.0486 e. The van der Waals surface area contributed by atoms with Gasteiger partial charge in [-0.3, -0.25) is 0 Å². The minimum atomic E-state index is 1.35. The van der Waals surface area contributed by atoms with E-state index >= 15 is 0 Å². The molecule has 0 N–H and O–H groups in total. The third-order valence-corrected chi connectivity index (χ3v) is 5.81. The summed E-state index contributed by atoms with van der Waals surface area (Å²) in [6, 6.07) is 6.91. The van der Waals surface area contributed by atoms with Crippen molar-refractivity contribution >= 4 is 32.1 Å². The Morgan fingerprint density at radius 1 is 0.833 bits per heavy atom. The lowest BCUT2D eigenvalue weighted by Gasteiger charge is -2.09. The molecule has 0 aliphatic heterocycles. The van der Waals surface area contributed by atoms with E-state index in [1.54, 1.807) is 0 Å². The van der Waals surface area contributed by atoms with Gasteiger partial charge < -0.3 is 0 Å². The molecule has 2 aromatic heterocycles. The van der Waals surface area contributed by atoms with Gasteiger partial charge >= 0.3 is 0 Å². The lowest BCUT2D eigenvalue weighted by atomic mass is 9.99. The third kappa shape index (κ3) is 1.80. The Hall–Kier alpha value is -1.12. The van der Waals surface area contributed by atoms with Crippen LogP contribution in [-0.2, 0) is 0 Å². The Balaban J connectivity index is 2.25. The monoisotopic (exact) mass is 272 g/mol. The van der Waals surface area contributed by atoms with E-state index in [2.05, 4.69) is 51.3 Å². The molecule has 0 saturated heterocycles. The molecule has 2 heterocycles. The van der Waals surface area contributed by atoms with E-state index in [4.69, 9.17) is 0 Å². The second-order valence-corrected chi connectivity index (χ2v) is 6.96. The summed E-state index contributed by atoms with van der Waals surface area (Å²) in [4.78, 5) is 1.41. The number of aryl methyl sites for hydroxylation is 4. The summed E-state index contributed by atoms with van der Waals surface area (Å²) in [6.45, 7) is 8.81. The van der Waals surface area contributed by atoms with Gasteiger partial charge in [-0.2, -0.15) is 0 Å². The van der Waals surface area contributed by atoms with Crippen LogP contribution in [0.1, 0.15) is 22.3 Å². The molecule has 18 heavy (non-hydrogen) atoms. The zero-order valence-electron chi connectivity index (χ0n) is 11.1. The van der Waals surface area contributed by atoms with Gasteiger partial charge in [0.1, 0.15) is 0 Å². The van der Waals surface area contributed by atoms with Gasteiger partial charge in [-0.05, 0) is 61.4 Å². The Bertz CT molecular complexity index is 706. The molecule has 0 bridgehead atoms. The van der Waals surface area contributed by atoms with Gasteiger partial charge in [0.25, 0.3) is 0 Å². The van der Waals surface area contributed by atoms with Gasteiger partial charge in [-0.15, -0.1) is 22.7 Å². The van der Waals surface area contributed by atoms with Crippen molar-refractivity contribution in [3.8, 4) is 10.4 Å². The normalized spacial score (nSPS) is 11.3. The second kappa shape index (κ2) is 4.22. The SMILES string of the molecule is Cc1cc(C)c(-c2cc3scc(C)c3s2)c(C)c1. The molecule has 0 saturated carbocycles. The molecule has 0 aliphatic rings. The molecule has 2 heteroatoms. The van der Waals surface area contributed by atoms with E-state index in [1.165, 1.54) is 42.1 Å². The van der Waals surface area contributed by atoms with Crippen LogP contribution in [-0.4, -0.2) is 0 Å². The molecule has 0 unspecified atom stereocenters. The maximum atomic E-state index is 2.35. The molecule has 3 aromatic rings. The Morgan fingerprint density at radius 3 is 2.11 bits per heavy atom. The van der Waals surface area contributed by atoms with Crippen LogP contribution in [0.25, 0.3) is 19.8 Å². The number of rotatable bonds is 1. The molecule has 0 atom stereocenters. The fourth-order valence-electron chi connectivity index (χ4n) is 2.63. The predicted octanol–water partition coefficient (Wildman–Crippen LogP) is 5.86. The van der Waals surface area contributed by atoms with Crippen molar-refractivity contribution in [2.24, 2.45) is 0 Å². The largest absolute Gasteiger partial charge is 0.143 e. The van der Waals surface area contributed by atoms with Crippen LogP contribution in [0, 0.1) is 27.7 Å². The van der Waals surface area contributed by atoms with E-state index < -0.39 is 0 Å². The Labute approximate surface area is 116 Å². The molecule has 1 aromatic carbocycles. The highest BCUT2D eigenvalue weighted by atomic mass is 32.1. The quantitative estimate of drug-likeness (QED) is 0.520. The zero-order chi connectivity index (χ0) is 12.9. The highest BCUT2D eigenvalue weighted by Crippen LogP contribution is 2.41. The Morgan fingerprint density at radius 2 is 1.50 bits per heavy atom. The number of fused-ring (bicyclic) bond motifs is 1. The van der Waals surface area contributed by atoms with Crippen molar-refractivity contribution < 1.29 is 0 Å². The third-order valence-electron chi connectivity index (χ3n) is 3.34. The van der Waals surface area contributed by atoms with Crippen molar-refractivity contribution in [1.82, 2.24) is 0 Å². The van der Waals surface area contributed by atoms with Gasteiger partial charge in [0.05, 0.1) is 0 Å². The average molecular weight is 272 g/mol. The van der Waals surface area contributed by atoms with E-state index in [-0.39, 0.29) is 0 Å². The van der Waals surface area contributed by atoms with E-state index in [9.17, 15) is 0 Å². The minimum absolute atomic E-state index is 1.35. The molecule has 0 amide bonds. The Kier molecular flexibility index (Phi) is 2.80. The maximum absolute atomic E-state index is 2.35. The lowest BCUT2D eigenvalue weighted by molar-refractivity contribution is 1.33. The van der Waals surface area contributed by atoms with Gasteiger partial charge in [-0.1, -0.05) is 17.7 Å². The first-order chi connectivity index (χ1) is 8.56. The second-order valence-electron chi connectivity index (χ2n) is 5.00. The van der Waals surface area contributed by atoms with Crippen LogP contribution in [0.3, 0.4) is 0 Å². The van der Waals surface area contributed by atoms with Crippen LogP contribution in [0.2, 0.25) is 0 Å². The first-order valence-corrected chi connectivity index (χ1v) is 7.81. The predicted molar refractivity (Wildman–Crippen MR) is 84.1 cm³/mol. The van der Waals surface area contributed by atoms with E-state index in [1.807, 2.05) is 22.7 Å². The van der Waals surface area contributed by atoms with Crippen LogP contribution in [0.5, 0.6) is 0 Å². The topological polar surface area (TPSA) is 0 Å². The molecule has 0 radical (unpaired) electrons. The van der Waals surface area contributed by atoms with Crippen LogP contribution in [0.4, 0.5) is 0 Å². The van der Waals surface area contributed by atoms with Crippen molar-refractivity contribution in [1.29, 1.82) is 0 Å². The number of benzene rings is 1. The van der Waals surface area contributed by atoms with Crippen LogP contribution < -0.4 is 0 Å². The fraction of sp³-hybridized carbons (Fsp3) is 0.250. The smallest absolute Gasteiger partial charge is 0.0486 e. The lowest BCUT2D eigenvalue weighted by Crippen LogP contribution is -1.87. The molecule has 92 valence electrons. The zero-order valence-corrected chi connectivity index (χ0v) is 12.8. The van der Waals surface area contributed by atoms with Crippen molar-refractivity contribution in [3.63, 3.8) is 0 Å². The number of hydrogen-bond donors (Lipinski definition) is 0. The van der Waals surface area contributed by atoms with Gasteiger partial charge in [-0.25, -0.2) is 0 Å². The molecule has 3 rings (SSSR count). The molecular weight excluding hydrogens is 256 g/mol. The summed E-state index contributed by atoms with van der Waals surface area (Å²) in [7, 11) is 0. The number of hydrogen-bond acceptors (Lipinski definition) is 2. The summed E-state index contributed by atoms with van der Waals surface area (Å²) in [5, 5.41) is 2.25. The van der Waals surface area contributed by atoms with Crippen LogP contribution in [0.15, 0.2) is 23.6 Å². The molecule has 0 fully saturated rings. The highest BCUT2D eigenvalue weighted by Gasteiger charge is 2.12. The van der Waals surface area contributed by atoms with E-state index in [0.29, 0.717) is 0 Å². The van der Waals surface area contributed by atoms with Gasteiger partial charge in [0.15, 0.2) is 0 Å². The van der Waals surface area contributed by atoms with Gasteiger partial charge in [0, 0.05) is 14.3 Å². The van der Waals surface area contributed by atoms with Crippen LogP contribution >= 0.6 is 22.7 Å². The first-order valence-electron chi connectivity index (χ1n) is 6.12. The summed E-state index contributed by atoms with van der Waals surface area (Å²) in [6.07, 6.45) is 0. The molecule has 0 spiro atoms. The van der Waals surface area contributed by atoms with Crippen molar-refractivity contribution in [3.05, 3.63) is 45.8 Å². The van der Waals surface area contributed by atoms with E-state index in [0.717, 1.165) is 0 Å². The highest BCUT2D eigenvalue weighted by molar-refractivity contribution is 7.29. The summed E-state index contributed by atoms with van der Waals surface area (Å²) >= 11 is 3.78. The fourth-order valence-corrected chi connectivity index (χ4v) is 5.13. The first kappa shape index (κ1) is 11.9. The van der Waals surface area contributed by atoms with Crippen molar-refractivity contribution in [2.45, 2.75) is 27.7 Å². The molecule has 0 aliphatic carbocycles. The van der Waals surface area contributed by atoms with Gasteiger partial charge in [0.2, 0.25) is 0 Å². The van der Waals surface area contributed by atoms with Crippen molar-refractivity contribution in [2.75, 3.05) is 0 Å². The standard InChI is InChI=1S/C16H16S2/c1-9-5-10(2)15(11(3)6-9)13-7-14-16(18-13)12(4)8-17-14/h5-8H,1-4H3. The molecule has 0 nitrogen and oxygen atoms in total.